The monoisotopic (exact) mass is 463 g/mol. The van der Waals surface area contributed by atoms with Gasteiger partial charge in [0, 0.05) is 20.2 Å². The van der Waals surface area contributed by atoms with Crippen molar-refractivity contribution in [1.82, 2.24) is 10.6 Å². The van der Waals surface area contributed by atoms with Gasteiger partial charge in [-0.25, -0.2) is 4.99 Å². The molecule has 1 unspecified atom stereocenters. The van der Waals surface area contributed by atoms with Crippen LogP contribution in [0, 0.1) is 5.41 Å². The molecule has 0 saturated heterocycles. The molecule has 0 saturated carbocycles. The Labute approximate surface area is 167 Å². The standard InChI is InChI=1S/C18H29N3O3.HI/c1-6-19-17(21-11-16(22-5)18(2,3)4)20-10-13-7-8-14-15(9-13)24-12-23-14;/h7-9,16H,6,10-12H2,1-5H3,(H2,19,20,21);1H. The minimum Gasteiger partial charge on any atom is -0.454 e. The van der Waals surface area contributed by atoms with Crippen molar-refractivity contribution in [3.63, 3.8) is 0 Å². The van der Waals surface area contributed by atoms with E-state index < -0.39 is 0 Å². The lowest BCUT2D eigenvalue weighted by Gasteiger charge is -2.30. The average molecular weight is 463 g/mol. The first kappa shape index (κ1) is 21.8. The number of fused-ring (bicyclic) bond motifs is 1. The van der Waals surface area contributed by atoms with Crippen LogP contribution in [0.15, 0.2) is 23.2 Å². The number of guanidine groups is 1. The minimum absolute atomic E-state index is 0. The number of rotatable bonds is 6. The molecule has 1 aromatic carbocycles. The summed E-state index contributed by atoms with van der Waals surface area (Å²) in [6.45, 7) is 10.9. The van der Waals surface area contributed by atoms with Gasteiger partial charge in [-0.3, -0.25) is 0 Å². The molecule has 7 heteroatoms. The summed E-state index contributed by atoms with van der Waals surface area (Å²) in [5, 5.41) is 6.62. The fraction of sp³-hybridized carbons (Fsp3) is 0.611. The minimum atomic E-state index is 0. The van der Waals surface area contributed by atoms with Crippen molar-refractivity contribution >= 4 is 29.9 Å². The quantitative estimate of drug-likeness (QED) is 0.386. The molecule has 0 spiro atoms. The van der Waals surface area contributed by atoms with Crippen molar-refractivity contribution in [2.24, 2.45) is 10.4 Å². The van der Waals surface area contributed by atoms with Gasteiger partial charge >= 0.3 is 0 Å². The van der Waals surface area contributed by atoms with Crippen LogP contribution in [-0.4, -0.2) is 39.1 Å². The molecular weight excluding hydrogens is 433 g/mol. The van der Waals surface area contributed by atoms with Gasteiger partial charge in [0.15, 0.2) is 17.5 Å². The van der Waals surface area contributed by atoms with Crippen LogP contribution >= 0.6 is 24.0 Å². The molecule has 6 nitrogen and oxygen atoms in total. The third kappa shape index (κ3) is 6.54. The number of methoxy groups -OCH3 is 1. The van der Waals surface area contributed by atoms with Crippen molar-refractivity contribution in [3.05, 3.63) is 23.8 Å². The van der Waals surface area contributed by atoms with E-state index in [-0.39, 0.29) is 42.3 Å². The maximum absolute atomic E-state index is 5.58. The number of ether oxygens (including phenoxy) is 3. The van der Waals surface area contributed by atoms with Gasteiger partial charge in [0.05, 0.1) is 12.6 Å². The summed E-state index contributed by atoms with van der Waals surface area (Å²) in [4.78, 5) is 4.64. The number of hydrogen-bond acceptors (Lipinski definition) is 4. The summed E-state index contributed by atoms with van der Waals surface area (Å²) in [6, 6.07) is 5.91. The molecule has 2 rings (SSSR count). The maximum Gasteiger partial charge on any atom is 0.231 e. The van der Waals surface area contributed by atoms with E-state index >= 15 is 0 Å². The highest BCUT2D eigenvalue weighted by Gasteiger charge is 2.24. The molecule has 1 atom stereocenters. The molecule has 1 aliphatic heterocycles. The Hall–Kier alpha value is -1.22. The van der Waals surface area contributed by atoms with Crippen LogP contribution in [0.5, 0.6) is 11.5 Å². The average Bonchev–Trinajstić information content (AvgIpc) is 2.99. The Morgan fingerprint density at radius 3 is 2.60 bits per heavy atom. The van der Waals surface area contributed by atoms with Crippen LogP contribution in [0.1, 0.15) is 33.3 Å². The van der Waals surface area contributed by atoms with Gasteiger partial charge in [-0.15, -0.1) is 24.0 Å². The molecule has 2 N–H and O–H groups in total. The SMILES string of the molecule is CCNC(=NCc1ccc2c(c1)OCO2)NCC(OC)C(C)(C)C.I. The zero-order chi connectivity index (χ0) is 17.6. The summed E-state index contributed by atoms with van der Waals surface area (Å²) in [7, 11) is 1.74. The first-order valence-corrected chi connectivity index (χ1v) is 8.37. The van der Waals surface area contributed by atoms with E-state index in [2.05, 4.69) is 43.3 Å². The van der Waals surface area contributed by atoms with Crippen LogP contribution < -0.4 is 20.1 Å². The molecule has 1 aromatic rings. The van der Waals surface area contributed by atoms with E-state index in [0.29, 0.717) is 13.1 Å². The van der Waals surface area contributed by atoms with Gasteiger partial charge in [-0.05, 0) is 30.0 Å². The zero-order valence-electron chi connectivity index (χ0n) is 15.7. The van der Waals surface area contributed by atoms with E-state index in [1.807, 2.05) is 18.2 Å². The molecule has 1 heterocycles. The van der Waals surface area contributed by atoms with E-state index in [9.17, 15) is 0 Å². The summed E-state index contributed by atoms with van der Waals surface area (Å²) in [5.74, 6) is 2.36. The first-order chi connectivity index (χ1) is 11.4. The smallest absolute Gasteiger partial charge is 0.231 e. The van der Waals surface area contributed by atoms with Gasteiger partial charge in [0.1, 0.15) is 0 Å². The molecule has 0 radical (unpaired) electrons. The highest BCUT2D eigenvalue weighted by Crippen LogP contribution is 2.32. The number of nitrogens with one attached hydrogen (secondary N) is 2. The molecule has 0 aromatic heterocycles. The van der Waals surface area contributed by atoms with Gasteiger partial charge in [0.2, 0.25) is 6.79 Å². The Morgan fingerprint density at radius 2 is 1.96 bits per heavy atom. The van der Waals surface area contributed by atoms with Crippen molar-refractivity contribution in [1.29, 1.82) is 0 Å². The fourth-order valence-corrected chi connectivity index (χ4v) is 2.48. The summed E-state index contributed by atoms with van der Waals surface area (Å²) < 4.78 is 16.3. The third-order valence-electron chi connectivity index (χ3n) is 3.91. The lowest BCUT2D eigenvalue weighted by atomic mass is 9.89. The van der Waals surface area contributed by atoms with Crippen molar-refractivity contribution in [2.75, 3.05) is 27.0 Å². The Bertz CT molecular complexity index is 573. The van der Waals surface area contributed by atoms with E-state index in [4.69, 9.17) is 14.2 Å². The molecule has 1 aliphatic rings. The largest absolute Gasteiger partial charge is 0.454 e. The second kappa shape index (κ2) is 10.1. The number of benzene rings is 1. The van der Waals surface area contributed by atoms with E-state index in [1.165, 1.54) is 0 Å². The molecule has 0 amide bonds. The van der Waals surface area contributed by atoms with Crippen LogP contribution in [0.2, 0.25) is 0 Å². The molecular formula is C18H30IN3O3. The third-order valence-corrected chi connectivity index (χ3v) is 3.91. The topological polar surface area (TPSA) is 64.1 Å². The summed E-state index contributed by atoms with van der Waals surface area (Å²) in [5.41, 5.74) is 1.15. The highest BCUT2D eigenvalue weighted by atomic mass is 127. The molecule has 25 heavy (non-hydrogen) atoms. The van der Waals surface area contributed by atoms with Crippen LogP contribution in [0.3, 0.4) is 0 Å². The normalized spacial score (nSPS) is 14.7. The van der Waals surface area contributed by atoms with Gasteiger partial charge < -0.3 is 24.8 Å². The second-order valence-corrected chi connectivity index (χ2v) is 6.85. The van der Waals surface area contributed by atoms with E-state index in [0.717, 1.165) is 29.6 Å². The Kier molecular flexibility index (Phi) is 8.78. The number of hydrogen-bond donors (Lipinski definition) is 2. The Balaban J connectivity index is 0.00000312. The number of aliphatic imine (C=N–C) groups is 1. The highest BCUT2D eigenvalue weighted by molar-refractivity contribution is 14.0. The van der Waals surface area contributed by atoms with Crippen LogP contribution in [0.4, 0.5) is 0 Å². The number of nitrogens with zero attached hydrogens (tertiary/aromatic N) is 1. The molecule has 0 bridgehead atoms. The predicted molar refractivity (Wildman–Crippen MR) is 111 cm³/mol. The van der Waals surface area contributed by atoms with Crippen LogP contribution in [-0.2, 0) is 11.3 Å². The molecule has 0 fully saturated rings. The lowest BCUT2D eigenvalue weighted by molar-refractivity contribution is 0.0205. The number of halogens is 1. The predicted octanol–water partition coefficient (Wildman–Crippen LogP) is 3.15. The van der Waals surface area contributed by atoms with Gasteiger partial charge in [-0.1, -0.05) is 26.8 Å². The molecule has 0 aliphatic carbocycles. The van der Waals surface area contributed by atoms with Crippen LogP contribution in [0.25, 0.3) is 0 Å². The van der Waals surface area contributed by atoms with Gasteiger partial charge in [-0.2, -0.15) is 0 Å². The zero-order valence-corrected chi connectivity index (χ0v) is 18.0. The first-order valence-electron chi connectivity index (χ1n) is 8.37. The van der Waals surface area contributed by atoms with E-state index in [1.54, 1.807) is 7.11 Å². The summed E-state index contributed by atoms with van der Waals surface area (Å²) in [6.07, 6.45) is 0.104. The lowest BCUT2D eigenvalue weighted by Crippen LogP contribution is -2.45. The van der Waals surface area contributed by atoms with Crippen molar-refractivity contribution in [2.45, 2.75) is 40.3 Å². The maximum atomic E-state index is 5.58. The Morgan fingerprint density at radius 1 is 1.24 bits per heavy atom. The second-order valence-electron chi connectivity index (χ2n) is 6.85. The molecule has 142 valence electrons. The van der Waals surface area contributed by atoms with Gasteiger partial charge in [0.25, 0.3) is 0 Å². The van der Waals surface area contributed by atoms with Crippen molar-refractivity contribution < 1.29 is 14.2 Å². The summed E-state index contributed by atoms with van der Waals surface area (Å²) >= 11 is 0. The fourth-order valence-electron chi connectivity index (χ4n) is 2.48. The van der Waals surface area contributed by atoms with Crippen molar-refractivity contribution in [3.8, 4) is 11.5 Å².